The molecule has 2 heterocycles. The Balaban J connectivity index is 1.34. The maximum atomic E-state index is 12.4. The number of nitrogens with zero attached hydrogens (tertiary/aromatic N) is 3. The van der Waals surface area contributed by atoms with Crippen molar-refractivity contribution in [3.05, 3.63) is 93.6 Å². The molecular formula is C21H16BrClN4O3. The van der Waals surface area contributed by atoms with Crippen LogP contribution >= 0.6 is 27.5 Å². The molecule has 0 radical (unpaired) electrons. The molecule has 9 heteroatoms. The van der Waals surface area contributed by atoms with E-state index in [1.54, 1.807) is 16.8 Å². The minimum atomic E-state index is -0.444. The number of aromatic nitrogens is 3. The maximum Gasteiger partial charge on any atom is 0.293 e. The van der Waals surface area contributed by atoms with Crippen LogP contribution in [0.5, 0.6) is 5.75 Å². The molecule has 7 nitrogen and oxygen atoms in total. The number of amides is 1. The second kappa shape index (κ2) is 9.15. The van der Waals surface area contributed by atoms with Crippen LogP contribution in [0.2, 0.25) is 5.02 Å². The number of furan rings is 1. The molecule has 4 rings (SSSR count). The molecule has 0 aliphatic heterocycles. The van der Waals surface area contributed by atoms with Gasteiger partial charge < -0.3 is 9.15 Å². The zero-order valence-electron chi connectivity index (χ0n) is 15.6. The first-order valence-corrected chi connectivity index (χ1v) is 10.2. The van der Waals surface area contributed by atoms with Crippen molar-refractivity contribution in [2.24, 2.45) is 0 Å². The lowest BCUT2D eigenvalue weighted by molar-refractivity contribution is 0.0991. The van der Waals surface area contributed by atoms with Gasteiger partial charge in [-0.1, -0.05) is 45.7 Å². The van der Waals surface area contributed by atoms with Crippen LogP contribution in [-0.4, -0.2) is 20.7 Å². The average molecular weight is 488 g/mol. The number of rotatable bonds is 7. The van der Waals surface area contributed by atoms with Crippen molar-refractivity contribution in [2.45, 2.75) is 13.2 Å². The predicted octanol–water partition coefficient (Wildman–Crippen LogP) is 5.17. The SMILES string of the molecule is O=C(Nc1ncn(Cc2ccccc2Cl)n1)c1ccc(COc2ccc(Br)cc2)o1. The van der Waals surface area contributed by atoms with E-state index in [2.05, 4.69) is 31.3 Å². The van der Waals surface area contributed by atoms with Gasteiger partial charge in [0.1, 0.15) is 24.4 Å². The van der Waals surface area contributed by atoms with Gasteiger partial charge in [-0.25, -0.2) is 9.67 Å². The minimum absolute atomic E-state index is 0.145. The number of hydrogen-bond donors (Lipinski definition) is 1. The van der Waals surface area contributed by atoms with Gasteiger partial charge in [0.05, 0.1) is 6.54 Å². The number of nitrogens with one attached hydrogen (secondary N) is 1. The van der Waals surface area contributed by atoms with E-state index in [0.29, 0.717) is 23.1 Å². The van der Waals surface area contributed by atoms with Gasteiger partial charge in [-0.05, 0) is 48.0 Å². The predicted molar refractivity (Wildman–Crippen MR) is 116 cm³/mol. The normalized spacial score (nSPS) is 10.7. The molecule has 0 unspecified atom stereocenters. The number of halogens is 2. The van der Waals surface area contributed by atoms with Crippen molar-refractivity contribution in [1.82, 2.24) is 14.8 Å². The lowest BCUT2D eigenvalue weighted by atomic mass is 10.2. The summed E-state index contributed by atoms with van der Waals surface area (Å²) in [7, 11) is 0. The fourth-order valence-corrected chi connectivity index (χ4v) is 3.12. The van der Waals surface area contributed by atoms with E-state index in [0.717, 1.165) is 10.0 Å². The Hall–Kier alpha value is -3.10. The van der Waals surface area contributed by atoms with E-state index in [1.165, 1.54) is 6.33 Å². The van der Waals surface area contributed by atoms with Crippen LogP contribution in [0.15, 0.2) is 75.9 Å². The van der Waals surface area contributed by atoms with Crippen LogP contribution < -0.4 is 10.1 Å². The number of carbonyl (C=O) groups excluding carboxylic acids is 1. The first kappa shape index (κ1) is 20.2. The van der Waals surface area contributed by atoms with Gasteiger partial charge in [-0.3, -0.25) is 10.1 Å². The topological polar surface area (TPSA) is 82.2 Å². The number of benzene rings is 2. The monoisotopic (exact) mass is 486 g/mol. The number of carbonyl (C=O) groups is 1. The fourth-order valence-electron chi connectivity index (χ4n) is 2.66. The molecule has 0 spiro atoms. The molecule has 2 aromatic carbocycles. The summed E-state index contributed by atoms with van der Waals surface area (Å²) in [6.07, 6.45) is 1.53. The highest BCUT2D eigenvalue weighted by molar-refractivity contribution is 9.10. The summed E-state index contributed by atoms with van der Waals surface area (Å²) >= 11 is 9.54. The summed E-state index contributed by atoms with van der Waals surface area (Å²) < 4.78 is 13.8. The fraction of sp³-hybridized carbons (Fsp3) is 0.0952. The maximum absolute atomic E-state index is 12.4. The first-order chi connectivity index (χ1) is 14.6. The van der Waals surface area contributed by atoms with Crippen molar-refractivity contribution in [2.75, 3.05) is 5.32 Å². The van der Waals surface area contributed by atoms with Crippen LogP contribution in [0.3, 0.4) is 0 Å². The third kappa shape index (κ3) is 5.08. The lowest BCUT2D eigenvalue weighted by Gasteiger charge is -2.04. The molecule has 0 saturated heterocycles. The molecular weight excluding hydrogens is 472 g/mol. The second-order valence-electron chi connectivity index (χ2n) is 6.32. The zero-order valence-corrected chi connectivity index (χ0v) is 17.9. The molecule has 1 amide bonds. The lowest BCUT2D eigenvalue weighted by Crippen LogP contribution is -2.12. The molecule has 2 aromatic heterocycles. The Morgan fingerprint density at radius 1 is 1.13 bits per heavy atom. The molecule has 0 fully saturated rings. The van der Waals surface area contributed by atoms with Gasteiger partial charge in [-0.15, -0.1) is 5.10 Å². The van der Waals surface area contributed by atoms with E-state index in [9.17, 15) is 4.79 Å². The van der Waals surface area contributed by atoms with E-state index in [1.807, 2.05) is 48.5 Å². The highest BCUT2D eigenvalue weighted by atomic mass is 79.9. The van der Waals surface area contributed by atoms with Gasteiger partial charge in [0, 0.05) is 9.50 Å². The summed E-state index contributed by atoms with van der Waals surface area (Å²) in [6, 6.07) is 18.2. The molecule has 0 atom stereocenters. The van der Waals surface area contributed by atoms with E-state index < -0.39 is 5.91 Å². The third-order valence-electron chi connectivity index (χ3n) is 4.13. The molecule has 0 bridgehead atoms. The van der Waals surface area contributed by atoms with Crippen LogP contribution in [0.1, 0.15) is 21.9 Å². The Morgan fingerprint density at radius 2 is 1.93 bits per heavy atom. The molecule has 0 saturated carbocycles. The number of anilines is 1. The Kier molecular flexibility index (Phi) is 6.15. The van der Waals surface area contributed by atoms with Crippen LogP contribution in [-0.2, 0) is 13.2 Å². The highest BCUT2D eigenvalue weighted by Gasteiger charge is 2.14. The van der Waals surface area contributed by atoms with Crippen molar-refractivity contribution < 1.29 is 13.9 Å². The molecule has 0 aliphatic rings. The smallest absolute Gasteiger partial charge is 0.293 e. The van der Waals surface area contributed by atoms with Crippen molar-refractivity contribution in [3.63, 3.8) is 0 Å². The summed E-state index contributed by atoms with van der Waals surface area (Å²) in [5.74, 6) is 1.11. The Labute approximate surface area is 185 Å². The van der Waals surface area contributed by atoms with Crippen LogP contribution in [0.25, 0.3) is 0 Å². The summed E-state index contributed by atoms with van der Waals surface area (Å²) in [5.41, 5.74) is 0.906. The molecule has 0 aliphatic carbocycles. The van der Waals surface area contributed by atoms with Crippen molar-refractivity contribution in [1.29, 1.82) is 0 Å². The molecule has 4 aromatic rings. The first-order valence-electron chi connectivity index (χ1n) is 8.98. The van der Waals surface area contributed by atoms with Crippen LogP contribution in [0, 0.1) is 0 Å². The van der Waals surface area contributed by atoms with Gasteiger partial charge in [0.2, 0.25) is 5.95 Å². The Bertz CT molecular complexity index is 1160. The quantitative estimate of drug-likeness (QED) is 0.389. The van der Waals surface area contributed by atoms with Gasteiger partial charge >= 0.3 is 0 Å². The van der Waals surface area contributed by atoms with E-state index in [4.69, 9.17) is 20.8 Å². The van der Waals surface area contributed by atoms with Crippen molar-refractivity contribution in [3.8, 4) is 5.75 Å². The van der Waals surface area contributed by atoms with Crippen molar-refractivity contribution >= 4 is 39.4 Å². The highest BCUT2D eigenvalue weighted by Crippen LogP contribution is 2.19. The summed E-state index contributed by atoms with van der Waals surface area (Å²) in [6.45, 7) is 0.653. The number of hydrogen-bond acceptors (Lipinski definition) is 5. The minimum Gasteiger partial charge on any atom is -0.486 e. The van der Waals surface area contributed by atoms with Gasteiger partial charge in [0.25, 0.3) is 5.91 Å². The molecule has 1 N–H and O–H groups in total. The van der Waals surface area contributed by atoms with E-state index >= 15 is 0 Å². The summed E-state index contributed by atoms with van der Waals surface area (Å²) in [4.78, 5) is 16.5. The van der Waals surface area contributed by atoms with Gasteiger partial charge in [-0.2, -0.15) is 0 Å². The van der Waals surface area contributed by atoms with E-state index in [-0.39, 0.29) is 18.3 Å². The molecule has 30 heavy (non-hydrogen) atoms. The third-order valence-corrected chi connectivity index (χ3v) is 5.03. The van der Waals surface area contributed by atoms with Gasteiger partial charge in [0.15, 0.2) is 5.76 Å². The average Bonchev–Trinajstić information content (AvgIpc) is 3.39. The number of ether oxygens (including phenoxy) is 1. The molecule has 152 valence electrons. The standard InChI is InChI=1S/C21H16BrClN4O3/c22-15-5-7-16(8-6-15)29-12-17-9-10-19(30-17)20(28)25-21-24-13-27(26-21)11-14-3-1-2-4-18(14)23/h1-10,13H,11-12H2,(H,25,26,28). The Morgan fingerprint density at radius 3 is 2.73 bits per heavy atom. The van der Waals surface area contributed by atoms with Crippen LogP contribution in [0.4, 0.5) is 5.95 Å². The largest absolute Gasteiger partial charge is 0.486 e. The zero-order chi connectivity index (χ0) is 20.9. The second-order valence-corrected chi connectivity index (χ2v) is 7.64. The summed E-state index contributed by atoms with van der Waals surface area (Å²) in [5, 5.41) is 7.51.